The molecule has 0 aliphatic rings. The van der Waals surface area contributed by atoms with Gasteiger partial charge in [-0.15, -0.1) is 0 Å². The van der Waals surface area contributed by atoms with Crippen LogP contribution >= 0.6 is 11.6 Å². The Balaban J connectivity index is 1.64. The summed E-state index contributed by atoms with van der Waals surface area (Å²) < 4.78 is 13.0. The summed E-state index contributed by atoms with van der Waals surface area (Å²) in [4.78, 5) is 18.5. The molecule has 0 saturated heterocycles. The molecular weight excluding hydrogens is 498 g/mol. The fraction of sp³-hybridized carbons (Fsp3) is 0.194. The predicted molar refractivity (Wildman–Crippen MR) is 154 cm³/mol. The molecule has 2 aromatic heterocycles. The first-order chi connectivity index (χ1) is 18.3. The van der Waals surface area contributed by atoms with Crippen LogP contribution in [-0.2, 0) is 0 Å². The number of benzene rings is 3. The molecular formula is C31H28ClN3O3. The van der Waals surface area contributed by atoms with Crippen LogP contribution in [0.4, 0.5) is 0 Å². The third-order valence-electron chi connectivity index (χ3n) is 6.58. The zero-order valence-electron chi connectivity index (χ0n) is 21.9. The van der Waals surface area contributed by atoms with Crippen molar-refractivity contribution >= 4 is 28.7 Å². The van der Waals surface area contributed by atoms with Crippen molar-refractivity contribution in [2.45, 2.75) is 33.6 Å². The number of ether oxygens (including phenoxy) is 1. The van der Waals surface area contributed by atoms with E-state index in [2.05, 4.69) is 18.9 Å². The van der Waals surface area contributed by atoms with Crippen molar-refractivity contribution in [1.29, 1.82) is 0 Å². The van der Waals surface area contributed by atoms with Crippen molar-refractivity contribution in [3.05, 3.63) is 105 Å². The third-order valence-corrected chi connectivity index (χ3v) is 6.98. The topological polar surface area (TPSA) is 69.6 Å². The van der Waals surface area contributed by atoms with Gasteiger partial charge >= 0.3 is 0 Å². The van der Waals surface area contributed by atoms with E-state index in [9.17, 15) is 4.79 Å². The first-order valence-corrected chi connectivity index (χ1v) is 12.8. The van der Waals surface area contributed by atoms with Gasteiger partial charge in [-0.3, -0.25) is 4.79 Å². The number of aryl methyl sites for hydroxylation is 2. The highest BCUT2D eigenvalue weighted by molar-refractivity contribution is 6.31. The number of para-hydroxylation sites is 1. The van der Waals surface area contributed by atoms with E-state index in [4.69, 9.17) is 25.7 Å². The molecule has 5 rings (SSSR count). The fourth-order valence-electron chi connectivity index (χ4n) is 4.41. The number of rotatable bonds is 6. The van der Waals surface area contributed by atoms with Crippen molar-refractivity contribution < 1.29 is 9.15 Å². The summed E-state index contributed by atoms with van der Waals surface area (Å²) in [6.07, 6.45) is 1.53. The zero-order chi connectivity index (χ0) is 27.0. The Morgan fingerprint density at radius 2 is 1.82 bits per heavy atom. The van der Waals surface area contributed by atoms with Crippen molar-refractivity contribution in [3.8, 4) is 28.5 Å². The minimum atomic E-state index is -0.264. The second-order valence-corrected chi connectivity index (χ2v) is 9.95. The van der Waals surface area contributed by atoms with Gasteiger partial charge in [-0.05, 0) is 78.9 Å². The molecule has 5 aromatic rings. The number of aromatic nitrogens is 2. The summed E-state index contributed by atoms with van der Waals surface area (Å²) in [7, 11) is 1.66. The lowest BCUT2D eigenvalue weighted by atomic mass is 9.96. The second-order valence-electron chi connectivity index (χ2n) is 9.54. The van der Waals surface area contributed by atoms with E-state index >= 15 is 0 Å². The molecule has 0 radical (unpaired) electrons. The van der Waals surface area contributed by atoms with E-state index in [1.807, 2.05) is 68.4 Å². The Hall–Kier alpha value is -4.16. The van der Waals surface area contributed by atoms with E-state index in [0.717, 1.165) is 33.6 Å². The van der Waals surface area contributed by atoms with Gasteiger partial charge in [0.25, 0.3) is 5.56 Å². The number of hydrogen-bond acceptors (Lipinski definition) is 5. The number of hydrogen-bond donors (Lipinski definition) is 0. The van der Waals surface area contributed by atoms with Crippen LogP contribution in [0.15, 0.2) is 81.0 Å². The summed E-state index contributed by atoms with van der Waals surface area (Å²) in [6.45, 7) is 8.13. The van der Waals surface area contributed by atoms with Crippen LogP contribution in [0.2, 0.25) is 5.02 Å². The largest absolute Gasteiger partial charge is 0.496 e. The van der Waals surface area contributed by atoms with Gasteiger partial charge < -0.3 is 9.15 Å². The number of halogens is 1. The van der Waals surface area contributed by atoms with Crippen LogP contribution in [0.1, 0.15) is 42.2 Å². The highest BCUT2D eigenvalue weighted by atomic mass is 35.5. The molecule has 0 N–H and O–H groups in total. The average Bonchev–Trinajstić information content (AvgIpc) is 3.38. The number of furan rings is 1. The Kier molecular flexibility index (Phi) is 6.91. The van der Waals surface area contributed by atoms with Crippen LogP contribution in [0.3, 0.4) is 0 Å². The van der Waals surface area contributed by atoms with Gasteiger partial charge in [0, 0.05) is 16.1 Å². The minimum absolute atomic E-state index is 0.213. The monoisotopic (exact) mass is 525 g/mol. The summed E-state index contributed by atoms with van der Waals surface area (Å²) in [5.41, 5.74) is 4.96. The molecule has 192 valence electrons. The molecule has 0 spiro atoms. The second kappa shape index (κ2) is 10.3. The van der Waals surface area contributed by atoms with E-state index in [1.165, 1.54) is 10.9 Å². The quantitative estimate of drug-likeness (QED) is 0.214. The van der Waals surface area contributed by atoms with Gasteiger partial charge in [0.15, 0.2) is 5.82 Å². The van der Waals surface area contributed by atoms with Crippen molar-refractivity contribution in [3.63, 3.8) is 0 Å². The lowest BCUT2D eigenvalue weighted by Gasteiger charge is -2.17. The van der Waals surface area contributed by atoms with Crippen molar-refractivity contribution in [1.82, 2.24) is 9.66 Å². The summed E-state index contributed by atoms with van der Waals surface area (Å²) in [5, 5.41) is 5.72. The molecule has 0 aliphatic heterocycles. The predicted octanol–water partition coefficient (Wildman–Crippen LogP) is 7.61. The van der Waals surface area contributed by atoms with E-state index in [0.29, 0.717) is 33.3 Å². The maximum atomic E-state index is 13.6. The molecule has 0 bridgehead atoms. The van der Waals surface area contributed by atoms with Gasteiger partial charge in [0.1, 0.15) is 17.3 Å². The highest BCUT2D eigenvalue weighted by Crippen LogP contribution is 2.34. The van der Waals surface area contributed by atoms with E-state index in [1.54, 1.807) is 19.2 Å². The first kappa shape index (κ1) is 25.5. The SMILES string of the molecule is COc1cc(C)c(-c2nc3ccccc3c(=O)n2N=Cc2ccc(-c3ccc(C)c(Cl)c3)o2)cc1C(C)C. The molecule has 38 heavy (non-hydrogen) atoms. The molecule has 0 atom stereocenters. The van der Waals surface area contributed by atoms with Crippen molar-refractivity contribution in [2.75, 3.05) is 7.11 Å². The molecule has 0 unspecified atom stereocenters. The summed E-state index contributed by atoms with van der Waals surface area (Å²) >= 11 is 6.29. The minimum Gasteiger partial charge on any atom is -0.496 e. The Bertz CT molecular complexity index is 1750. The summed E-state index contributed by atoms with van der Waals surface area (Å²) in [5.74, 6) is 2.62. The Morgan fingerprint density at radius 1 is 1.03 bits per heavy atom. The Morgan fingerprint density at radius 3 is 2.55 bits per heavy atom. The molecule has 2 heterocycles. The molecule has 0 saturated carbocycles. The van der Waals surface area contributed by atoms with Gasteiger partial charge in [0.2, 0.25) is 0 Å². The lowest BCUT2D eigenvalue weighted by molar-refractivity contribution is 0.407. The molecule has 3 aromatic carbocycles. The zero-order valence-corrected chi connectivity index (χ0v) is 22.7. The lowest BCUT2D eigenvalue weighted by Crippen LogP contribution is -2.20. The number of fused-ring (bicyclic) bond motifs is 1. The van der Waals surface area contributed by atoms with Gasteiger partial charge in [-0.1, -0.05) is 49.7 Å². The number of methoxy groups -OCH3 is 1. The van der Waals surface area contributed by atoms with Crippen LogP contribution in [-0.4, -0.2) is 23.0 Å². The summed E-state index contributed by atoms with van der Waals surface area (Å²) in [6, 6.07) is 20.7. The van der Waals surface area contributed by atoms with Crippen LogP contribution in [0, 0.1) is 13.8 Å². The maximum absolute atomic E-state index is 13.6. The maximum Gasteiger partial charge on any atom is 0.282 e. The van der Waals surface area contributed by atoms with E-state index in [-0.39, 0.29) is 11.5 Å². The first-order valence-electron chi connectivity index (χ1n) is 12.4. The molecule has 6 nitrogen and oxygen atoms in total. The third kappa shape index (κ3) is 4.75. The van der Waals surface area contributed by atoms with E-state index < -0.39 is 0 Å². The normalized spacial score (nSPS) is 11.7. The fourth-order valence-corrected chi connectivity index (χ4v) is 4.59. The smallest absolute Gasteiger partial charge is 0.282 e. The van der Waals surface area contributed by atoms with Gasteiger partial charge in [-0.2, -0.15) is 9.78 Å². The number of nitrogens with zero attached hydrogens (tertiary/aromatic N) is 3. The highest BCUT2D eigenvalue weighted by Gasteiger charge is 2.18. The average molecular weight is 526 g/mol. The Labute approximate surface area is 226 Å². The van der Waals surface area contributed by atoms with Crippen LogP contribution in [0.5, 0.6) is 5.75 Å². The molecule has 0 aliphatic carbocycles. The molecule has 0 fully saturated rings. The van der Waals surface area contributed by atoms with Gasteiger partial charge in [-0.25, -0.2) is 4.98 Å². The molecule has 0 amide bonds. The van der Waals surface area contributed by atoms with Gasteiger partial charge in [0.05, 0.1) is 24.2 Å². The van der Waals surface area contributed by atoms with Crippen LogP contribution < -0.4 is 10.3 Å². The van der Waals surface area contributed by atoms with Crippen LogP contribution in [0.25, 0.3) is 33.6 Å². The standard InChI is InChI=1S/C31H28ClN3O3/c1-18(2)24-16-25(20(4)14-29(24)37-5)30-34-27-9-7-6-8-23(27)31(36)35(30)33-17-22-12-13-28(38-22)21-11-10-19(3)26(32)15-21/h6-18H,1-5H3. The molecule has 7 heteroatoms. The van der Waals surface area contributed by atoms with Crippen molar-refractivity contribution in [2.24, 2.45) is 5.10 Å².